The molecule has 3 aliphatic heterocycles. The van der Waals surface area contributed by atoms with Crippen LogP contribution >= 0.6 is 0 Å². The third-order valence-corrected chi connectivity index (χ3v) is 6.53. The molecule has 1 aromatic carbocycles. The first-order chi connectivity index (χ1) is 10.7. The zero-order chi connectivity index (χ0) is 15.0. The van der Waals surface area contributed by atoms with Gasteiger partial charge < -0.3 is 9.30 Å². The van der Waals surface area contributed by atoms with Gasteiger partial charge in [0.1, 0.15) is 0 Å². The van der Waals surface area contributed by atoms with Gasteiger partial charge in [0.15, 0.2) is 0 Å². The number of benzene rings is 1. The molecular formula is C19H24N2O. The largest absolute Gasteiger partial charge is 0.377 e. The van der Waals surface area contributed by atoms with E-state index >= 15 is 0 Å². The van der Waals surface area contributed by atoms with E-state index in [-0.39, 0.29) is 0 Å². The average Bonchev–Trinajstić information content (AvgIpc) is 2.81. The monoisotopic (exact) mass is 296 g/mol. The SMILES string of the molecule is Cc1c2n(c3ccccc13)C1C3[C@@H](C)OC[C@@H]2[C@H]3CCN1C. The average molecular weight is 296 g/mol. The topological polar surface area (TPSA) is 17.4 Å². The van der Waals surface area contributed by atoms with Gasteiger partial charge in [-0.15, -0.1) is 0 Å². The Hall–Kier alpha value is -1.32. The van der Waals surface area contributed by atoms with Gasteiger partial charge in [-0.1, -0.05) is 18.2 Å². The number of rotatable bonds is 0. The van der Waals surface area contributed by atoms with Gasteiger partial charge >= 0.3 is 0 Å². The lowest BCUT2D eigenvalue weighted by molar-refractivity contribution is -0.144. The molecule has 2 unspecified atom stereocenters. The Kier molecular flexibility index (Phi) is 2.61. The van der Waals surface area contributed by atoms with Gasteiger partial charge in [-0.2, -0.15) is 0 Å². The van der Waals surface area contributed by atoms with Crippen molar-refractivity contribution in [1.82, 2.24) is 9.47 Å². The second-order valence-electron chi connectivity index (χ2n) is 7.47. The normalized spacial score (nSPS) is 37.3. The summed E-state index contributed by atoms with van der Waals surface area (Å²) in [6.07, 6.45) is 2.14. The lowest BCUT2D eigenvalue weighted by Crippen LogP contribution is -2.57. The molecule has 5 atom stereocenters. The van der Waals surface area contributed by atoms with Crippen molar-refractivity contribution in [3.63, 3.8) is 0 Å². The lowest BCUT2D eigenvalue weighted by Gasteiger charge is -2.56. The Morgan fingerprint density at radius 3 is 2.91 bits per heavy atom. The van der Waals surface area contributed by atoms with Crippen molar-refractivity contribution >= 4 is 10.9 Å². The van der Waals surface area contributed by atoms with Gasteiger partial charge in [-0.25, -0.2) is 0 Å². The van der Waals surface area contributed by atoms with Gasteiger partial charge in [0.2, 0.25) is 0 Å². The molecule has 5 rings (SSSR count). The minimum Gasteiger partial charge on any atom is -0.377 e. The Morgan fingerprint density at radius 2 is 2.05 bits per heavy atom. The van der Waals surface area contributed by atoms with E-state index in [4.69, 9.17) is 4.74 Å². The van der Waals surface area contributed by atoms with Gasteiger partial charge in [0, 0.05) is 35.0 Å². The van der Waals surface area contributed by atoms with Crippen LogP contribution in [-0.2, 0) is 4.74 Å². The first-order valence-electron chi connectivity index (χ1n) is 8.59. The molecule has 2 saturated heterocycles. The highest BCUT2D eigenvalue weighted by atomic mass is 16.5. The number of likely N-dealkylation sites (tertiary alicyclic amines) is 1. The molecule has 3 nitrogen and oxygen atoms in total. The summed E-state index contributed by atoms with van der Waals surface area (Å²) >= 11 is 0. The van der Waals surface area contributed by atoms with E-state index in [1.807, 2.05) is 0 Å². The Morgan fingerprint density at radius 1 is 1.23 bits per heavy atom. The van der Waals surface area contributed by atoms with E-state index in [0.29, 0.717) is 24.1 Å². The summed E-state index contributed by atoms with van der Waals surface area (Å²) in [5, 5.41) is 1.43. The fourth-order valence-electron chi connectivity index (χ4n) is 5.58. The van der Waals surface area contributed by atoms with Crippen molar-refractivity contribution in [2.24, 2.45) is 11.8 Å². The number of para-hydroxylation sites is 1. The second-order valence-corrected chi connectivity index (χ2v) is 7.47. The molecular weight excluding hydrogens is 272 g/mol. The van der Waals surface area contributed by atoms with Crippen LogP contribution in [0.1, 0.15) is 36.7 Å². The van der Waals surface area contributed by atoms with Crippen LogP contribution in [0.5, 0.6) is 0 Å². The van der Waals surface area contributed by atoms with E-state index in [0.717, 1.165) is 12.5 Å². The van der Waals surface area contributed by atoms with Gasteiger partial charge in [0.05, 0.1) is 18.9 Å². The summed E-state index contributed by atoms with van der Waals surface area (Å²) < 4.78 is 8.86. The lowest BCUT2D eigenvalue weighted by atomic mass is 9.67. The number of aryl methyl sites for hydroxylation is 1. The van der Waals surface area contributed by atoms with Crippen LogP contribution < -0.4 is 0 Å². The molecule has 116 valence electrons. The van der Waals surface area contributed by atoms with Gasteiger partial charge in [-0.3, -0.25) is 4.90 Å². The molecule has 0 N–H and O–H groups in total. The first kappa shape index (κ1) is 13.1. The predicted molar refractivity (Wildman–Crippen MR) is 88.1 cm³/mol. The number of hydrogen-bond acceptors (Lipinski definition) is 2. The second kappa shape index (κ2) is 4.36. The molecule has 1 aromatic heterocycles. The Labute approximate surface area is 131 Å². The van der Waals surface area contributed by atoms with Crippen LogP contribution in [0.25, 0.3) is 10.9 Å². The summed E-state index contributed by atoms with van der Waals surface area (Å²) in [6.45, 7) is 6.70. The fraction of sp³-hybridized carbons (Fsp3) is 0.579. The number of fused-ring (bicyclic) bond motifs is 5. The van der Waals surface area contributed by atoms with Crippen LogP contribution in [-0.4, -0.2) is 35.8 Å². The van der Waals surface area contributed by atoms with Crippen LogP contribution in [0.4, 0.5) is 0 Å². The Bertz CT molecular complexity index is 749. The highest BCUT2D eigenvalue weighted by molar-refractivity contribution is 5.86. The molecule has 0 aliphatic carbocycles. The minimum absolute atomic E-state index is 0.364. The van der Waals surface area contributed by atoms with Crippen molar-refractivity contribution in [3.8, 4) is 0 Å². The third-order valence-electron chi connectivity index (χ3n) is 6.53. The van der Waals surface area contributed by atoms with Crippen molar-refractivity contribution in [1.29, 1.82) is 0 Å². The van der Waals surface area contributed by atoms with Crippen LogP contribution in [0.15, 0.2) is 24.3 Å². The van der Waals surface area contributed by atoms with Crippen molar-refractivity contribution in [2.45, 2.75) is 38.5 Å². The van der Waals surface area contributed by atoms with E-state index in [1.54, 1.807) is 5.69 Å². The van der Waals surface area contributed by atoms with Gasteiger partial charge in [-0.05, 0) is 44.9 Å². The van der Waals surface area contributed by atoms with Crippen molar-refractivity contribution in [3.05, 3.63) is 35.5 Å². The summed E-state index contributed by atoms with van der Waals surface area (Å²) in [5.74, 6) is 2.00. The fourth-order valence-corrected chi connectivity index (χ4v) is 5.58. The number of piperidine rings is 1. The molecule has 3 aliphatic rings. The van der Waals surface area contributed by atoms with E-state index in [1.165, 1.54) is 29.4 Å². The number of ether oxygens (including phenoxy) is 1. The van der Waals surface area contributed by atoms with Crippen molar-refractivity contribution < 1.29 is 4.74 Å². The number of aromatic nitrogens is 1. The molecule has 0 radical (unpaired) electrons. The van der Waals surface area contributed by atoms with Crippen molar-refractivity contribution in [2.75, 3.05) is 20.2 Å². The standard InChI is InChI=1S/C19H24N2O/c1-11-13-6-4-5-7-16(13)21-18(11)15-10-22-12(2)17-14(15)8-9-20(3)19(17)21/h4-7,12,14-15,17,19H,8-10H2,1-3H3/t12-,14-,15-,17?,19?/m1/s1. The van der Waals surface area contributed by atoms with Crippen LogP contribution in [0.3, 0.4) is 0 Å². The van der Waals surface area contributed by atoms with Gasteiger partial charge in [0.25, 0.3) is 0 Å². The quantitative estimate of drug-likeness (QED) is 0.740. The molecule has 0 spiro atoms. The number of hydrogen-bond donors (Lipinski definition) is 0. The molecule has 0 amide bonds. The summed E-state index contributed by atoms with van der Waals surface area (Å²) in [6, 6.07) is 8.94. The smallest absolute Gasteiger partial charge is 0.0921 e. The summed E-state index contributed by atoms with van der Waals surface area (Å²) in [4.78, 5) is 2.55. The van der Waals surface area contributed by atoms with E-state index in [2.05, 4.69) is 54.6 Å². The molecule has 4 heterocycles. The molecule has 4 bridgehead atoms. The molecule has 22 heavy (non-hydrogen) atoms. The summed E-state index contributed by atoms with van der Waals surface area (Å²) in [5.41, 5.74) is 4.43. The van der Waals surface area contributed by atoms with E-state index < -0.39 is 0 Å². The minimum atomic E-state index is 0.364. The van der Waals surface area contributed by atoms with Crippen LogP contribution in [0, 0.1) is 18.8 Å². The van der Waals surface area contributed by atoms with Crippen LogP contribution in [0.2, 0.25) is 0 Å². The maximum Gasteiger partial charge on any atom is 0.0921 e. The highest BCUT2D eigenvalue weighted by Gasteiger charge is 2.53. The summed E-state index contributed by atoms with van der Waals surface area (Å²) in [7, 11) is 2.29. The zero-order valence-corrected chi connectivity index (χ0v) is 13.6. The first-order valence-corrected chi connectivity index (χ1v) is 8.59. The highest BCUT2D eigenvalue weighted by Crippen LogP contribution is 2.55. The van der Waals surface area contributed by atoms with E-state index in [9.17, 15) is 0 Å². The maximum absolute atomic E-state index is 6.20. The predicted octanol–water partition coefficient (Wildman–Crippen LogP) is 3.53. The molecule has 2 fully saturated rings. The Balaban J connectivity index is 1.86. The zero-order valence-electron chi connectivity index (χ0n) is 13.6. The maximum atomic E-state index is 6.20. The molecule has 2 aromatic rings. The molecule has 0 saturated carbocycles. The third kappa shape index (κ3) is 1.44. The molecule has 3 heteroatoms. The number of nitrogens with zero attached hydrogens (tertiary/aromatic N) is 2.